The van der Waals surface area contributed by atoms with Crippen molar-refractivity contribution in [1.29, 1.82) is 0 Å². The second-order valence-corrected chi connectivity index (χ2v) is 9.78. The van der Waals surface area contributed by atoms with Gasteiger partial charge in [-0.3, -0.25) is 4.79 Å². The maximum absolute atomic E-state index is 14.0. The van der Waals surface area contributed by atoms with Crippen LogP contribution in [0.2, 0.25) is 5.02 Å². The molecule has 0 aliphatic carbocycles. The molecule has 9 heteroatoms. The molecule has 0 saturated heterocycles. The molecule has 3 aromatic rings. The topological polar surface area (TPSA) is 63.2 Å². The largest absolute Gasteiger partial charge is 0.350 e. The monoisotopic (exact) mass is 455 g/mol. The Bertz CT molecular complexity index is 1130. The molecule has 4 nitrogen and oxygen atoms in total. The van der Waals surface area contributed by atoms with Crippen LogP contribution in [0.25, 0.3) is 0 Å². The summed E-state index contributed by atoms with van der Waals surface area (Å²) in [5, 5.41) is 2.97. The number of amides is 1. The smallest absolute Gasteiger partial charge is 0.255 e. The van der Waals surface area contributed by atoms with Crippen molar-refractivity contribution in [2.24, 2.45) is 0 Å². The number of hydrogen-bond donors (Lipinski definition) is 1. The van der Waals surface area contributed by atoms with Crippen LogP contribution < -0.4 is 5.32 Å². The van der Waals surface area contributed by atoms with E-state index >= 15 is 0 Å². The number of carbonyl (C=O) groups excluding carboxylic acids is 1. The fraction of sp³-hybridized carbons (Fsp3) is 0.150. The maximum Gasteiger partial charge on any atom is 0.255 e. The lowest BCUT2D eigenvalue weighted by Gasteiger charge is -2.18. The lowest BCUT2D eigenvalue weighted by molar-refractivity contribution is 0.0950. The predicted molar refractivity (Wildman–Crippen MR) is 109 cm³/mol. The number of carbonyl (C=O) groups is 1. The third-order valence-corrected chi connectivity index (χ3v) is 7.86. The highest BCUT2D eigenvalue weighted by atomic mass is 35.5. The maximum atomic E-state index is 14.0. The quantitative estimate of drug-likeness (QED) is 0.536. The van der Waals surface area contributed by atoms with Crippen molar-refractivity contribution in [3.05, 3.63) is 86.6 Å². The first-order valence-electron chi connectivity index (χ1n) is 8.47. The summed E-state index contributed by atoms with van der Waals surface area (Å²) in [7, 11) is -3.96. The normalized spacial score (nSPS) is 12.6. The van der Waals surface area contributed by atoms with Crippen LogP contribution >= 0.6 is 22.9 Å². The number of rotatable bonds is 6. The van der Waals surface area contributed by atoms with Gasteiger partial charge in [-0.2, -0.15) is 0 Å². The highest BCUT2D eigenvalue weighted by Gasteiger charge is 2.31. The van der Waals surface area contributed by atoms with Gasteiger partial charge in [0.05, 0.1) is 15.5 Å². The Hall–Kier alpha value is -2.29. The van der Waals surface area contributed by atoms with E-state index in [9.17, 15) is 22.0 Å². The van der Waals surface area contributed by atoms with Gasteiger partial charge in [0.1, 0.15) is 16.9 Å². The van der Waals surface area contributed by atoms with Crippen LogP contribution in [0.1, 0.15) is 26.0 Å². The molecule has 0 fully saturated rings. The predicted octanol–water partition coefficient (Wildman–Crippen LogP) is 4.93. The molecule has 2 aromatic carbocycles. The molecule has 0 aliphatic rings. The Morgan fingerprint density at radius 2 is 1.90 bits per heavy atom. The van der Waals surface area contributed by atoms with Crippen LogP contribution in [0.15, 0.2) is 58.8 Å². The van der Waals surface area contributed by atoms with Crippen molar-refractivity contribution in [1.82, 2.24) is 5.32 Å². The molecule has 1 aromatic heterocycles. The summed E-state index contributed by atoms with van der Waals surface area (Å²) in [6.45, 7) is 1.17. The standard InChI is InChI=1S/C20H16ClF2NO3S2/c1-12-10-13(7-8-15(12)22)29(26,27)18(17-6-3-9-28-17)11-24-20(25)19-14(21)4-2-5-16(19)23/h2-10,18H,11H2,1H3,(H,24,25). The summed E-state index contributed by atoms with van der Waals surface area (Å²) < 4.78 is 54.0. The zero-order valence-electron chi connectivity index (χ0n) is 15.2. The molecular formula is C20H16ClF2NO3S2. The number of sulfone groups is 1. The van der Waals surface area contributed by atoms with Gasteiger partial charge in [-0.25, -0.2) is 17.2 Å². The first-order chi connectivity index (χ1) is 13.7. The minimum atomic E-state index is -3.96. The second kappa shape index (κ2) is 8.61. The average molecular weight is 456 g/mol. The van der Waals surface area contributed by atoms with E-state index in [0.717, 1.165) is 12.1 Å². The molecule has 0 saturated carbocycles. The van der Waals surface area contributed by atoms with Crippen LogP contribution in [-0.4, -0.2) is 20.9 Å². The zero-order valence-corrected chi connectivity index (χ0v) is 17.5. The summed E-state index contributed by atoms with van der Waals surface area (Å²) >= 11 is 7.11. The molecule has 1 atom stereocenters. The third-order valence-electron chi connectivity index (χ3n) is 4.33. The Morgan fingerprint density at radius 1 is 1.14 bits per heavy atom. The second-order valence-electron chi connectivity index (χ2n) is 6.27. The molecular weight excluding hydrogens is 440 g/mol. The van der Waals surface area contributed by atoms with Gasteiger partial charge in [0.15, 0.2) is 9.84 Å². The number of hydrogen-bond acceptors (Lipinski definition) is 4. The van der Waals surface area contributed by atoms with Crippen molar-refractivity contribution in [2.75, 3.05) is 6.54 Å². The zero-order chi connectivity index (χ0) is 21.2. The van der Waals surface area contributed by atoms with Gasteiger partial charge in [0.2, 0.25) is 0 Å². The molecule has 1 amide bonds. The number of benzene rings is 2. The first kappa shape index (κ1) is 21.4. The van der Waals surface area contributed by atoms with Crippen molar-refractivity contribution in [3.63, 3.8) is 0 Å². The van der Waals surface area contributed by atoms with Crippen molar-refractivity contribution in [3.8, 4) is 0 Å². The SMILES string of the molecule is Cc1cc(S(=O)(=O)C(CNC(=O)c2c(F)cccc2Cl)c2cccs2)ccc1F. The van der Waals surface area contributed by atoms with Crippen molar-refractivity contribution >= 4 is 38.7 Å². The van der Waals surface area contributed by atoms with Crippen molar-refractivity contribution in [2.45, 2.75) is 17.1 Å². The van der Waals surface area contributed by atoms with Gasteiger partial charge in [-0.15, -0.1) is 11.3 Å². The third kappa shape index (κ3) is 4.49. The summed E-state index contributed by atoms with van der Waals surface area (Å²) in [5.41, 5.74) is -0.160. The lowest BCUT2D eigenvalue weighted by atomic mass is 10.2. The van der Waals surface area contributed by atoms with Crippen molar-refractivity contribution < 1.29 is 22.0 Å². The highest BCUT2D eigenvalue weighted by Crippen LogP contribution is 2.32. The summed E-state index contributed by atoms with van der Waals surface area (Å²) in [5.74, 6) is -2.14. The average Bonchev–Trinajstić information content (AvgIpc) is 3.18. The van der Waals surface area contributed by atoms with Crippen LogP contribution in [0.3, 0.4) is 0 Å². The minimum Gasteiger partial charge on any atom is -0.350 e. The molecule has 1 unspecified atom stereocenters. The van der Waals surface area contributed by atoms with E-state index in [1.165, 1.54) is 42.5 Å². The number of halogens is 3. The molecule has 29 heavy (non-hydrogen) atoms. The fourth-order valence-corrected chi connectivity index (χ4v) is 5.90. The molecule has 1 N–H and O–H groups in total. The number of thiophene rings is 1. The first-order valence-corrected chi connectivity index (χ1v) is 11.3. The van der Waals surface area contributed by atoms with Gasteiger partial charge < -0.3 is 5.32 Å². The number of nitrogens with one attached hydrogen (secondary N) is 1. The Morgan fingerprint density at radius 3 is 2.52 bits per heavy atom. The summed E-state index contributed by atoms with van der Waals surface area (Å²) in [4.78, 5) is 12.9. The molecule has 152 valence electrons. The molecule has 3 rings (SSSR count). The van der Waals surface area contributed by atoms with Crippen LogP contribution in [0.4, 0.5) is 8.78 Å². The van der Waals surface area contributed by atoms with Gasteiger partial charge in [-0.05, 0) is 54.3 Å². The Kier molecular flexibility index (Phi) is 6.36. The van der Waals surface area contributed by atoms with Crippen LogP contribution in [0.5, 0.6) is 0 Å². The van der Waals surface area contributed by atoms with E-state index < -0.39 is 32.6 Å². The molecule has 0 aliphatic heterocycles. The van der Waals surface area contributed by atoms with E-state index in [1.54, 1.807) is 17.5 Å². The summed E-state index contributed by atoms with van der Waals surface area (Å²) in [6.07, 6.45) is 0. The van der Waals surface area contributed by atoms with Gasteiger partial charge in [-0.1, -0.05) is 23.7 Å². The summed E-state index contributed by atoms with van der Waals surface area (Å²) in [6, 6.07) is 10.7. The van der Waals surface area contributed by atoms with E-state index in [1.807, 2.05) is 0 Å². The van der Waals surface area contributed by atoms with E-state index in [-0.39, 0.29) is 27.6 Å². The molecule has 0 radical (unpaired) electrons. The van der Waals surface area contributed by atoms with Crippen LogP contribution in [-0.2, 0) is 9.84 Å². The van der Waals surface area contributed by atoms with Gasteiger partial charge >= 0.3 is 0 Å². The van der Waals surface area contributed by atoms with Gasteiger partial charge in [0, 0.05) is 11.4 Å². The van der Waals surface area contributed by atoms with Crippen LogP contribution in [0, 0.1) is 18.6 Å². The fourth-order valence-electron chi connectivity index (χ4n) is 2.78. The highest BCUT2D eigenvalue weighted by molar-refractivity contribution is 7.91. The minimum absolute atomic E-state index is 0.0621. The molecule has 0 bridgehead atoms. The molecule has 0 spiro atoms. The Balaban J connectivity index is 1.93. The molecule has 1 heterocycles. The number of aryl methyl sites for hydroxylation is 1. The lowest BCUT2D eigenvalue weighted by Crippen LogP contribution is -2.32. The Labute approximate surface area is 176 Å². The van der Waals surface area contributed by atoms with Gasteiger partial charge in [0.25, 0.3) is 5.91 Å². The van der Waals surface area contributed by atoms with E-state index in [4.69, 9.17) is 11.6 Å². The van der Waals surface area contributed by atoms with E-state index in [2.05, 4.69) is 5.32 Å². The van der Waals surface area contributed by atoms with E-state index in [0.29, 0.717) is 4.88 Å².